The fourth-order valence-electron chi connectivity index (χ4n) is 2.01. The number of carbonyl (C=O) groups is 1. The molecule has 0 atom stereocenters. The van der Waals surface area contributed by atoms with Gasteiger partial charge in [-0.05, 0) is 42.8 Å². The molecular formula is C17H15BF2O3. The summed E-state index contributed by atoms with van der Waals surface area (Å²) in [5.74, 6) is 0.176. The van der Waals surface area contributed by atoms with Crippen molar-refractivity contribution in [2.24, 2.45) is 0 Å². The van der Waals surface area contributed by atoms with Crippen LogP contribution in [-0.2, 0) is 0 Å². The third-order valence-electron chi connectivity index (χ3n) is 3.16. The van der Waals surface area contributed by atoms with Gasteiger partial charge in [-0.15, -0.1) is 0 Å². The Kier molecular flexibility index (Phi) is 5.52. The second-order valence-electron chi connectivity index (χ2n) is 4.85. The third kappa shape index (κ3) is 4.67. The van der Waals surface area contributed by atoms with Gasteiger partial charge in [0, 0.05) is 0 Å². The number of methoxy groups -OCH3 is 1. The van der Waals surface area contributed by atoms with E-state index in [2.05, 4.69) is 4.65 Å². The number of hydrogen-bond donors (Lipinski definition) is 0. The highest BCUT2D eigenvalue weighted by Gasteiger charge is 2.21. The van der Waals surface area contributed by atoms with E-state index in [0.717, 1.165) is 11.1 Å². The second kappa shape index (κ2) is 7.58. The van der Waals surface area contributed by atoms with Crippen molar-refractivity contribution in [2.75, 3.05) is 7.11 Å². The van der Waals surface area contributed by atoms with Gasteiger partial charge in [0.2, 0.25) is 0 Å². The highest BCUT2D eigenvalue weighted by atomic mass is 19.2. The van der Waals surface area contributed by atoms with Crippen LogP contribution in [0.5, 0.6) is 11.5 Å². The molecule has 0 heterocycles. The first-order chi connectivity index (χ1) is 11.0. The molecule has 0 aliphatic rings. The van der Waals surface area contributed by atoms with Gasteiger partial charge in [-0.2, -0.15) is 0 Å². The lowest BCUT2D eigenvalue weighted by molar-refractivity contribution is 0.104. The number of hydrogen-bond acceptors (Lipinski definition) is 3. The van der Waals surface area contributed by atoms with Crippen LogP contribution in [0.3, 0.4) is 0 Å². The van der Waals surface area contributed by atoms with Crippen molar-refractivity contribution in [1.29, 1.82) is 0 Å². The van der Waals surface area contributed by atoms with Crippen LogP contribution in [-0.4, -0.2) is 20.4 Å². The predicted octanol–water partition coefficient (Wildman–Crippen LogP) is 4.20. The summed E-state index contributed by atoms with van der Waals surface area (Å²) in [5, 5.41) is 0. The number of benzene rings is 2. The van der Waals surface area contributed by atoms with Gasteiger partial charge in [-0.3, -0.25) is 4.79 Å². The van der Waals surface area contributed by atoms with Crippen LogP contribution in [0.2, 0.25) is 0 Å². The lowest BCUT2D eigenvalue weighted by atomic mass is 10.0. The van der Waals surface area contributed by atoms with Crippen LogP contribution >= 0.6 is 0 Å². The predicted molar refractivity (Wildman–Crippen MR) is 86.1 cm³/mol. The Morgan fingerprint density at radius 1 is 1.13 bits per heavy atom. The normalized spacial score (nSPS) is 10.6. The molecular weight excluding hydrogens is 301 g/mol. The van der Waals surface area contributed by atoms with Crippen LogP contribution in [0, 0.1) is 6.92 Å². The van der Waals surface area contributed by atoms with Crippen molar-refractivity contribution in [3.8, 4) is 11.5 Å². The Bertz CT molecular complexity index is 712. The number of ether oxygens (including phenoxy) is 1. The standard InChI is InChI=1S/C17H15BF2O3/c1-12-3-10-17(23-18(19)20)15(11-12)16(21)9-6-13-4-7-14(22-2)8-5-13/h3-11H,1-2H3. The van der Waals surface area contributed by atoms with Crippen LogP contribution in [0.4, 0.5) is 8.63 Å². The minimum absolute atomic E-state index is 0.107. The number of rotatable bonds is 6. The molecule has 2 aromatic rings. The molecule has 0 aromatic heterocycles. The molecule has 118 valence electrons. The molecule has 0 aliphatic carbocycles. The van der Waals surface area contributed by atoms with Gasteiger partial charge in [0.1, 0.15) is 11.5 Å². The van der Waals surface area contributed by atoms with Gasteiger partial charge in [-0.25, -0.2) is 8.63 Å². The molecule has 0 saturated heterocycles. The SMILES string of the molecule is COc1ccc(C=CC(=O)c2cc(C)ccc2OB(F)F)cc1. The molecule has 0 spiro atoms. The van der Waals surface area contributed by atoms with Crippen LogP contribution in [0.15, 0.2) is 48.5 Å². The van der Waals surface area contributed by atoms with Gasteiger partial charge >= 0.3 is 7.47 Å². The largest absolute Gasteiger partial charge is 0.796 e. The number of allylic oxidation sites excluding steroid dienone is 1. The maximum absolute atomic E-state index is 12.4. The average Bonchev–Trinajstić information content (AvgIpc) is 2.54. The molecule has 0 saturated carbocycles. The van der Waals surface area contributed by atoms with Crippen LogP contribution in [0.25, 0.3) is 6.08 Å². The molecule has 0 aliphatic heterocycles. The zero-order valence-corrected chi connectivity index (χ0v) is 12.8. The Balaban J connectivity index is 2.22. The molecule has 2 aromatic carbocycles. The minimum Gasteiger partial charge on any atom is -0.505 e. The van der Waals surface area contributed by atoms with E-state index in [0.29, 0.717) is 5.75 Å². The molecule has 0 fully saturated rings. The van der Waals surface area contributed by atoms with E-state index in [1.807, 2.05) is 0 Å². The van der Waals surface area contributed by atoms with Crippen molar-refractivity contribution < 1.29 is 22.8 Å². The summed E-state index contributed by atoms with van der Waals surface area (Å²) in [5.41, 5.74) is 1.69. The summed E-state index contributed by atoms with van der Waals surface area (Å²) >= 11 is 0. The summed E-state index contributed by atoms with van der Waals surface area (Å²) in [6.07, 6.45) is 2.94. The highest BCUT2D eigenvalue weighted by molar-refractivity contribution is 6.35. The fraction of sp³-hybridized carbons (Fsp3) is 0.118. The fourth-order valence-corrected chi connectivity index (χ4v) is 2.01. The maximum atomic E-state index is 12.4. The van der Waals surface area contributed by atoms with E-state index in [-0.39, 0.29) is 11.3 Å². The van der Waals surface area contributed by atoms with E-state index in [4.69, 9.17) is 4.74 Å². The second-order valence-corrected chi connectivity index (χ2v) is 4.85. The highest BCUT2D eigenvalue weighted by Crippen LogP contribution is 2.22. The Morgan fingerprint density at radius 3 is 2.43 bits per heavy atom. The smallest absolute Gasteiger partial charge is 0.505 e. The van der Waals surface area contributed by atoms with Crippen molar-refractivity contribution in [3.63, 3.8) is 0 Å². The third-order valence-corrected chi connectivity index (χ3v) is 3.16. The van der Waals surface area contributed by atoms with E-state index >= 15 is 0 Å². The van der Waals surface area contributed by atoms with Gasteiger partial charge in [-0.1, -0.05) is 29.8 Å². The maximum Gasteiger partial charge on any atom is 0.796 e. The molecule has 0 amide bonds. The first kappa shape index (κ1) is 16.7. The summed E-state index contributed by atoms with van der Waals surface area (Å²) < 4.78 is 34.3. The van der Waals surface area contributed by atoms with E-state index < -0.39 is 13.3 Å². The summed E-state index contributed by atoms with van der Waals surface area (Å²) in [7, 11) is -1.41. The Hall–Kier alpha value is -2.63. The Labute approximate surface area is 133 Å². The lowest BCUT2D eigenvalue weighted by Gasteiger charge is -2.08. The summed E-state index contributed by atoms with van der Waals surface area (Å²) in [4.78, 5) is 12.3. The van der Waals surface area contributed by atoms with Crippen molar-refractivity contribution in [3.05, 3.63) is 65.2 Å². The molecule has 0 N–H and O–H groups in total. The molecule has 0 unspecified atom stereocenters. The minimum atomic E-state index is -2.98. The molecule has 6 heteroatoms. The topological polar surface area (TPSA) is 35.5 Å². The Morgan fingerprint density at radius 2 is 1.83 bits per heavy atom. The first-order valence-electron chi connectivity index (χ1n) is 6.91. The van der Waals surface area contributed by atoms with Crippen molar-refractivity contribution in [1.82, 2.24) is 0 Å². The molecule has 0 radical (unpaired) electrons. The van der Waals surface area contributed by atoms with Crippen LogP contribution in [0.1, 0.15) is 21.5 Å². The van der Waals surface area contributed by atoms with Gasteiger partial charge < -0.3 is 9.39 Å². The van der Waals surface area contributed by atoms with Gasteiger partial charge in [0.05, 0.1) is 12.7 Å². The number of carbonyl (C=O) groups excluding carboxylic acids is 1. The average molecular weight is 316 g/mol. The zero-order valence-electron chi connectivity index (χ0n) is 12.8. The van der Waals surface area contributed by atoms with Crippen molar-refractivity contribution in [2.45, 2.75) is 6.92 Å². The van der Waals surface area contributed by atoms with Gasteiger partial charge in [0.15, 0.2) is 5.78 Å². The first-order valence-corrected chi connectivity index (χ1v) is 6.91. The van der Waals surface area contributed by atoms with E-state index in [1.165, 1.54) is 18.2 Å². The van der Waals surface area contributed by atoms with E-state index in [1.54, 1.807) is 50.4 Å². The number of halogens is 2. The van der Waals surface area contributed by atoms with E-state index in [9.17, 15) is 13.4 Å². The lowest BCUT2D eigenvalue weighted by Crippen LogP contribution is -2.11. The summed E-state index contributed by atoms with van der Waals surface area (Å²) in [6.45, 7) is 1.77. The zero-order chi connectivity index (χ0) is 16.8. The molecule has 3 nitrogen and oxygen atoms in total. The number of ketones is 1. The molecule has 2 rings (SSSR count). The van der Waals surface area contributed by atoms with Crippen LogP contribution < -0.4 is 9.39 Å². The molecule has 23 heavy (non-hydrogen) atoms. The number of aryl methyl sites for hydroxylation is 1. The van der Waals surface area contributed by atoms with Gasteiger partial charge in [0.25, 0.3) is 0 Å². The summed E-state index contributed by atoms with van der Waals surface area (Å²) in [6, 6.07) is 11.6. The van der Waals surface area contributed by atoms with Crippen molar-refractivity contribution >= 4 is 19.3 Å². The molecule has 0 bridgehead atoms. The monoisotopic (exact) mass is 316 g/mol. The quantitative estimate of drug-likeness (QED) is 0.455.